The van der Waals surface area contributed by atoms with Crippen LogP contribution in [0, 0.1) is 6.92 Å². The first-order valence-electron chi connectivity index (χ1n) is 5.26. The van der Waals surface area contributed by atoms with E-state index in [1.165, 1.54) is 0 Å². The summed E-state index contributed by atoms with van der Waals surface area (Å²) in [6.45, 7) is 6.20. The van der Waals surface area contributed by atoms with Gasteiger partial charge in [0.05, 0.1) is 15.6 Å². The lowest BCUT2D eigenvalue weighted by Crippen LogP contribution is -1.95. The standard InChI is InChI=1S/C13H13Cl2N/c1-7(2)11-6-10(15)12-8(3)4-5-9(14)13(12)16-11/h4-7H,1-3H3. The monoisotopic (exact) mass is 253 g/mol. The molecule has 0 radical (unpaired) electrons. The Balaban J connectivity index is 2.86. The lowest BCUT2D eigenvalue weighted by molar-refractivity contribution is 0.830. The second kappa shape index (κ2) is 4.23. The number of benzene rings is 1. The molecule has 0 aliphatic rings. The van der Waals surface area contributed by atoms with Crippen LogP contribution in [-0.2, 0) is 0 Å². The second-order valence-corrected chi connectivity index (χ2v) is 5.09. The molecule has 0 N–H and O–H groups in total. The molecule has 1 heterocycles. The highest BCUT2D eigenvalue weighted by Gasteiger charge is 2.11. The first-order valence-corrected chi connectivity index (χ1v) is 6.01. The van der Waals surface area contributed by atoms with E-state index >= 15 is 0 Å². The Morgan fingerprint density at radius 1 is 1.12 bits per heavy atom. The van der Waals surface area contributed by atoms with Gasteiger partial charge in [-0.1, -0.05) is 43.1 Å². The van der Waals surface area contributed by atoms with Gasteiger partial charge in [0, 0.05) is 11.1 Å². The number of aromatic nitrogens is 1. The van der Waals surface area contributed by atoms with Crippen molar-refractivity contribution < 1.29 is 0 Å². The zero-order chi connectivity index (χ0) is 11.9. The van der Waals surface area contributed by atoms with E-state index in [4.69, 9.17) is 23.2 Å². The van der Waals surface area contributed by atoms with E-state index in [1.54, 1.807) is 0 Å². The summed E-state index contributed by atoms with van der Waals surface area (Å²) in [5, 5.41) is 2.34. The number of hydrogen-bond acceptors (Lipinski definition) is 1. The zero-order valence-corrected chi connectivity index (χ0v) is 11.0. The van der Waals surface area contributed by atoms with Crippen molar-refractivity contribution in [1.29, 1.82) is 0 Å². The lowest BCUT2D eigenvalue weighted by Gasteiger charge is -2.10. The average Bonchev–Trinajstić information content (AvgIpc) is 2.22. The number of aryl methyl sites for hydroxylation is 1. The third kappa shape index (κ3) is 1.90. The summed E-state index contributed by atoms with van der Waals surface area (Å²) in [7, 11) is 0. The molecule has 0 atom stereocenters. The van der Waals surface area contributed by atoms with Gasteiger partial charge in [-0.05, 0) is 30.5 Å². The molecule has 2 rings (SSSR count). The van der Waals surface area contributed by atoms with Crippen LogP contribution >= 0.6 is 23.2 Å². The van der Waals surface area contributed by atoms with Gasteiger partial charge in [-0.3, -0.25) is 4.98 Å². The lowest BCUT2D eigenvalue weighted by atomic mass is 10.1. The van der Waals surface area contributed by atoms with E-state index in [-0.39, 0.29) is 0 Å². The molecule has 0 amide bonds. The molecule has 0 fully saturated rings. The fraction of sp³-hybridized carbons (Fsp3) is 0.308. The number of nitrogens with zero attached hydrogens (tertiary/aromatic N) is 1. The Hall–Kier alpha value is -0.790. The van der Waals surface area contributed by atoms with Crippen molar-refractivity contribution >= 4 is 34.1 Å². The maximum Gasteiger partial charge on any atom is 0.0909 e. The van der Waals surface area contributed by atoms with Gasteiger partial charge in [0.25, 0.3) is 0 Å². The van der Waals surface area contributed by atoms with E-state index in [0.29, 0.717) is 10.9 Å². The van der Waals surface area contributed by atoms with E-state index in [9.17, 15) is 0 Å². The molecule has 2 aromatic rings. The SMILES string of the molecule is Cc1ccc(Cl)c2nc(C(C)C)cc(Cl)c12. The van der Waals surface area contributed by atoms with Crippen LogP contribution in [0.4, 0.5) is 0 Å². The predicted octanol–water partition coefficient (Wildman–Crippen LogP) is 4.97. The Morgan fingerprint density at radius 3 is 2.44 bits per heavy atom. The fourth-order valence-corrected chi connectivity index (χ4v) is 2.29. The van der Waals surface area contributed by atoms with Gasteiger partial charge in [0.2, 0.25) is 0 Å². The quantitative estimate of drug-likeness (QED) is 0.699. The van der Waals surface area contributed by atoms with Gasteiger partial charge in [-0.15, -0.1) is 0 Å². The van der Waals surface area contributed by atoms with Crippen LogP contribution in [0.25, 0.3) is 10.9 Å². The normalized spacial score (nSPS) is 11.4. The predicted molar refractivity (Wildman–Crippen MR) is 70.6 cm³/mol. The highest BCUT2D eigenvalue weighted by molar-refractivity contribution is 6.39. The van der Waals surface area contributed by atoms with E-state index in [1.807, 2.05) is 25.1 Å². The molecule has 0 saturated heterocycles. The number of halogens is 2. The van der Waals surface area contributed by atoms with Gasteiger partial charge in [-0.25, -0.2) is 0 Å². The van der Waals surface area contributed by atoms with Crippen molar-refractivity contribution in [3.8, 4) is 0 Å². The molecule has 0 unspecified atom stereocenters. The molecule has 0 bridgehead atoms. The zero-order valence-electron chi connectivity index (χ0n) is 9.51. The minimum Gasteiger partial charge on any atom is -0.251 e. The molecule has 1 aromatic carbocycles. The van der Waals surface area contributed by atoms with Gasteiger partial charge < -0.3 is 0 Å². The van der Waals surface area contributed by atoms with E-state index in [0.717, 1.165) is 27.2 Å². The minimum atomic E-state index is 0.346. The van der Waals surface area contributed by atoms with E-state index in [2.05, 4.69) is 18.8 Å². The number of hydrogen-bond donors (Lipinski definition) is 0. The van der Waals surface area contributed by atoms with Crippen molar-refractivity contribution in [2.75, 3.05) is 0 Å². The maximum atomic E-state index is 6.28. The molecule has 1 aromatic heterocycles. The maximum absolute atomic E-state index is 6.28. The number of pyridine rings is 1. The van der Waals surface area contributed by atoms with Crippen LogP contribution in [0.2, 0.25) is 10.0 Å². The van der Waals surface area contributed by atoms with Crippen molar-refractivity contribution in [3.05, 3.63) is 39.5 Å². The molecule has 3 heteroatoms. The van der Waals surface area contributed by atoms with Gasteiger partial charge >= 0.3 is 0 Å². The third-order valence-corrected chi connectivity index (χ3v) is 3.29. The van der Waals surface area contributed by atoms with Gasteiger partial charge in [-0.2, -0.15) is 0 Å². The average molecular weight is 254 g/mol. The third-order valence-electron chi connectivity index (χ3n) is 2.68. The summed E-state index contributed by atoms with van der Waals surface area (Å²) >= 11 is 12.4. The highest BCUT2D eigenvalue weighted by atomic mass is 35.5. The smallest absolute Gasteiger partial charge is 0.0909 e. The molecule has 84 valence electrons. The summed E-state index contributed by atoms with van der Waals surface area (Å²) in [6.07, 6.45) is 0. The fourth-order valence-electron chi connectivity index (χ4n) is 1.74. The van der Waals surface area contributed by atoms with Gasteiger partial charge in [0.15, 0.2) is 0 Å². The second-order valence-electron chi connectivity index (χ2n) is 4.27. The molecule has 1 nitrogen and oxygen atoms in total. The molecule has 0 aliphatic carbocycles. The number of rotatable bonds is 1. The largest absolute Gasteiger partial charge is 0.251 e. The molecule has 0 aliphatic heterocycles. The van der Waals surface area contributed by atoms with Crippen LogP contribution < -0.4 is 0 Å². The van der Waals surface area contributed by atoms with Crippen LogP contribution in [0.1, 0.15) is 31.0 Å². The van der Waals surface area contributed by atoms with E-state index < -0.39 is 0 Å². The van der Waals surface area contributed by atoms with Crippen LogP contribution in [0.3, 0.4) is 0 Å². The molecular formula is C13H13Cl2N. The summed E-state index contributed by atoms with van der Waals surface area (Å²) in [4.78, 5) is 4.58. The van der Waals surface area contributed by atoms with Crippen LogP contribution in [0.5, 0.6) is 0 Å². The first-order chi connectivity index (χ1) is 7.50. The first kappa shape index (κ1) is 11.7. The van der Waals surface area contributed by atoms with Crippen LogP contribution in [-0.4, -0.2) is 4.98 Å². The highest BCUT2D eigenvalue weighted by Crippen LogP contribution is 2.32. The summed E-state index contributed by atoms with van der Waals surface area (Å²) in [6, 6.07) is 5.76. The topological polar surface area (TPSA) is 12.9 Å². The Labute approximate surface area is 105 Å². The Morgan fingerprint density at radius 2 is 1.81 bits per heavy atom. The molecular weight excluding hydrogens is 241 g/mol. The van der Waals surface area contributed by atoms with Gasteiger partial charge in [0.1, 0.15) is 0 Å². The molecule has 16 heavy (non-hydrogen) atoms. The minimum absolute atomic E-state index is 0.346. The summed E-state index contributed by atoms with van der Waals surface area (Å²) < 4.78 is 0. The Bertz CT molecular complexity index is 547. The van der Waals surface area contributed by atoms with Crippen molar-refractivity contribution in [2.45, 2.75) is 26.7 Å². The molecule has 0 spiro atoms. The van der Waals surface area contributed by atoms with Crippen molar-refractivity contribution in [2.24, 2.45) is 0 Å². The van der Waals surface area contributed by atoms with Crippen LogP contribution in [0.15, 0.2) is 18.2 Å². The summed E-state index contributed by atoms with van der Waals surface area (Å²) in [5.41, 5.74) is 2.88. The summed E-state index contributed by atoms with van der Waals surface area (Å²) in [5.74, 6) is 0.346. The number of fused-ring (bicyclic) bond motifs is 1. The molecule has 0 saturated carbocycles. The van der Waals surface area contributed by atoms with Crippen molar-refractivity contribution in [1.82, 2.24) is 4.98 Å². The van der Waals surface area contributed by atoms with Crippen molar-refractivity contribution in [3.63, 3.8) is 0 Å². The Kier molecular flexibility index (Phi) is 3.09.